The zero-order valence-electron chi connectivity index (χ0n) is 15.7. The van der Waals surface area contributed by atoms with Gasteiger partial charge in [-0.2, -0.15) is 5.10 Å². The van der Waals surface area contributed by atoms with Gasteiger partial charge in [0.15, 0.2) is 11.5 Å². The third kappa shape index (κ3) is 4.77. The molecule has 28 heavy (non-hydrogen) atoms. The molecule has 3 aromatic rings. The van der Waals surface area contributed by atoms with Crippen molar-refractivity contribution in [2.45, 2.75) is 13.0 Å². The van der Waals surface area contributed by atoms with Crippen molar-refractivity contribution in [3.8, 4) is 22.1 Å². The molecule has 0 fully saturated rings. The molecule has 8 heteroatoms. The highest BCUT2D eigenvalue weighted by molar-refractivity contribution is 7.13. The van der Waals surface area contributed by atoms with E-state index in [0.29, 0.717) is 30.2 Å². The number of rotatable bonds is 8. The van der Waals surface area contributed by atoms with Crippen LogP contribution in [-0.2, 0) is 17.8 Å². The zero-order valence-corrected chi connectivity index (χ0v) is 16.5. The van der Waals surface area contributed by atoms with Gasteiger partial charge >= 0.3 is 0 Å². The summed E-state index contributed by atoms with van der Waals surface area (Å²) in [5.74, 6) is 1.04. The molecule has 0 saturated carbocycles. The summed E-state index contributed by atoms with van der Waals surface area (Å²) in [4.78, 5) is 25.2. The van der Waals surface area contributed by atoms with Gasteiger partial charge in [0.25, 0.3) is 5.56 Å². The molecule has 1 aromatic carbocycles. The fourth-order valence-electron chi connectivity index (χ4n) is 2.69. The minimum Gasteiger partial charge on any atom is -0.493 e. The Morgan fingerprint density at radius 3 is 2.68 bits per heavy atom. The summed E-state index contributed by atoms with van der Waals surface area (Å²) in [5.41, 5.74) is 1.37. The van der Waals surface area contributed by atoms with Crippen molar-refractivity contribution in [3.05, 3.63) is 63.8 Å². The van der Waals surface area contributed by atoms with E-state index in [2.05, 4.69) is 10.4 Å². The summed E-state index contributed by atoms with van der Waals surface area (Å²) >= 11 is 1.53. The van der Waals surface area contributed by atoms with E-state index in [-0.39, 0.29) is 18.0 Å². The topological polar surface area (TPSA) is 82.5 Å². The number of aromatic nitrogens is 2. The lowest BCUT2D eigenvalue weighted by Crippen LogP contribution is -2.34. The number of thiophene rings is 1. The Kier molecular flexibility index (Phi) is 6.44. The van der Waals surface area contributed by atoms with E-state index in [0.717, 1.165) is 10.4 Å². The van der Waals surface area contributed by atoms with E-state index in [4.69, 9.17) is 9.47 Å². The van der Waals surface area contributed by atoms with Crippen LogP contribution in [0, 0.1) is 0 Å². The van der Waals surface area contributed by atoms with Crippen LogP contribution in [0.4, 0.5) is 0 Å². The van der Waals surface area contributed by atoms with Gasteiger partial charge in [0.2, 0.25) is 5.91 Å². The molecule has 146 valence electrons. The summed E-state index contributed by atoms with van der Waals surface area (Å²) in [5, 5.41) is 9.04. The van der Waals surface area contributed by atoms with Gasteiger partial charge in [-0.15, -0.1) is 11.3 Å². The van der Waals surface area contributed by atoms with Crippen LogP contribution in [0.3, 0.4) is 0 Å². The number of hydrogen-bond acceptors (Lipinski definition) is 6. The number of ether oxygens (including phenoxy) is 2. The lowest BCUT2D eigenvalue weighted by molar-refractivity contribution is -0.121. The van der Waals surface area contributed by atoms with Crippen LogP contribution in [0.1, 0.15) is 5.56 Å². The van der Waals surface area contributed by atoms with Crippen molar-refractivity contribution in [1.82, 2.24) is 15.1 Å². The van der Waals surface area contributed by atoms with E-state index in [1.54, 1.807) is 20.3 Å². The number of benzene rings is 1. The standard InChI is InChI=1S/C20H21N3O4S/c1-26-16-7-5-14(12-17(16)27-2)9-10-21-19(24)13-23-20(25)8-6-15(22-23)18-4-3-11-28-18/h3-8,11-12H,9-10,13H2,1-2H3,(H,21,24). The Morgan fingerprint density at radius 1 is 1.14 bits per heavy atom. The molecule has 0 aliphatic carbocycles. The van der Waals surface area contributed by atoms with Crippen LogP contribution < -0.4 is 20.3 Å². The molecule has 0 aliphatic rings. The largest absolute Gasteiger partial charge is 0.493 e. The highest BCUT2D eigenvalue weighted by atomic mass is 32.1. The van der Waals surface area contributed by atoms with Crippen molar-refractivity contribution < 1.29 is 14.3 Å². The Morgan fingerprint density at radius 2 is 1.96 bits per heavy atom. The molecule has 1 N–H and O–H groups in total. The first-order valence-electron chi connectivity index (χ1n) is 8.70. The number of carbonyl (C=O) groups is 1. The first kappa shape index (κ1) is 19.6. The summed E-state index contributed by atoms with van der Waals surface area (Å²) in [6, 6.07) is 12.6. The second kappa shape index (κ2) is 9.18. The Hall–Kier alpha value is -3.13. The molecule has 0 spiro atoms. The predicted molar refractivity (Wildman–Crippen MR) is 108 cm³/mol. The summed E-state index contributed by atoms with van der Waals surface area (Å²) < 4.78 is 11.7. The van der Waals surface area contributed by atoms with Gasteiger partial charge in [-0.1, -0.05) is 12.1 Å². The second-order valence-corrected chi connectivity index (χ2v) is 6.93. The SMILES string of the molecule is COc1ccc(CCNC(=O)Cn2nc(-c3cccs3)ccc2=O)cc1OC. The van der Waals surface area contributed by atoms with Crippen LogP contribution in [0.25, 0.3) is 10.6 Å². The zero-order chi connectivity index (χ0) is 19.9. The molecule has 3 rings (SSSR count). The number of methoxy groups -OCH3 is 2. The highest BCUT2D eigenvalue weighted by Crippen LogP contribution is 2.27. The average Bonchev–Trinajstić information content (AvgIpc) is 3.24. The smallest absolute Gasteiger partial charge is 0.267 e. The van der Waals surface area contributed by atoms with Crippen molar-refractivity contribution in [3.63, 3.8) is 0 Å². The fourth-order valence-corrected chi connectivity index (χ4v) is 3.38. The third-order valence-corrected chi connectivity index (χ3v) is 5.01. The molecule has 0 saturated heterocycles. The molecule has 0 bridgehead atoms. The van der Waals surface area contributed by atoms with Crippen molar-refractivity contribution in [2.75, 3.05) is 20.8 Å². The number of nitrogens with zero attached hydrogens (tertiary/aromatic N) is 2. The van der Waals surface area contributed by atoms with Crippen molar-refractivity contribution >= 4 is 17.2 Å². The molecule has 0 atom stereocenters. The fraction of sp³-hybridized carbons (Fsp3) is 0.250. The third-order valence-electron chi connectivity index (χ3n) is 4.12. The van der Waals surface area contributed by atoms with Crippen molar-refractivity contribution in [1.29, 1.82) is 0 Å². The van der Waals surface area contributed by atoms with Crippen LogP contribution >= 0.6 is 11.3 Å². The van der Waals surface area contributed by atoms with Gasteiger partial charge in [-0.25, -0.2) is 4.68 Å². The second-order valence-electron chi connectivity index (χ2n) is 5.98. The number of carbonyl (C=O) groups excluding carboxylic acids is 1. The van der Waals surface area contributed by atoms with E-state index in [1.165, 1.54) is 22.1 Å². The lowest BCUT2D eigenvalue weighted by atomic mass is 10.1. The summed E-state index contributed by atoms with van der Waals surface area (Å²) in [7, 11) is 3.17. The van der Waals surface area contributed by atoms with Gasteiger partial charge in [0, 0.05) is 12.6 Å². The predicted octanol–water partition coefficient (Wildman–Crippen LogP) is 2.35. The van der Waals surface area contributed by atoms with Gasteiger partial charge in [-0.05, 0) is 41.6 Å². The summed E-state index contributed by atoms with van der Waals surface area (Å²) in [6.07, 6.45) is 0.629. The maximum absolute atomic E-state index is 12.2. The van der Waals surface area contributed by atoms with E-state index < -0.39 is 0 Å². The first-order chi connectivity index (χ1) is 13.6. The first-order valence-corrected chi connectivity index (χ1v) is 9.58. The van der Waals surface area contributed by atoms with Gasteiger partial charge in [0.05, 0.1) is 19.1 Å². The van der Waals surface area contributed by atoms with Crippen molar-refractivity contribution in [2.24, 2.45) is 0 Å². The molecule has 7 nitrogen and oxygen atoms in total. The van der Waals surface area contributed by atoms with Crippen LogP contribution in [0.2, 0.25) is 0 Å². The van der Waals surface area contributed by atoms with Gasteiger partial charge in [0.1, 0.15) is 12.2 Å². The molecule has 2 heterocycles. The Labute approximate surface area is 166 Å². The maximum Gasteiger partial charge on any atom is 0.267 e. The van der Waals surface area contributed by atoms with E-state index >= 15 is 0 Å². The molecular formula is C20H21N3O4S. The van der Waals surface area contributed by atoms with Crippen LogP contribution in [0.5, 0.6) is 11.5 Å². The number of hydrogen-bond donors (Lipinski definition) is 1. The minimum atomic E-state index is -0.310. The highest BCUT2D eigenvalue weighted by Gasteiger charge is 2.09. The normalized spacial score (nSPS) is 10.5. The molecular weight excluding hydrogens is 378 g/mol. The average molecular weight is 399 g/mol. The Bertz CT molecular complexity index is 999. The van der Waals surface area contributed by atoms with Crippen LogP contribution in [0.15, 0.2) is 52.6 Å². The van der Waals surface area contributed by atoms with Crippen LogP contribution in [-0.4, -0.2) is 36.5 Å². The van der Waals surface area contributed by atoms with Gasteiger partial charge in [-0.3, -0.25) is 9.59 Å². The molecule has 0 aliphatic heterocycles. The molecule has 1 amide bonds. The summed E-state index contributed by atoms with van der Waals surface area (Å²) in [6.45, 7) is 0.317. The number of amides is 1. The quantitative estimate of drug-likeness (QED) is 0.629. The molecule has 2 aromatic heterocycles. The molecule has 0 radical (unpaired) electrons. The number of nitrogens with one attached hydrogen (secondary N) is 1. The minimum absolute atomic E-state index is 0.121. The Balaban J connectivity index is 1.58. The van der Waals surface area contributed by atoms with E-state index in [1.807, 2.05) is 35.7 Å². The monoisotopic (exact) mass is 399 g/mol. The van der Waals surface area contributed by atoms with Gasteiger partial charge < -0.3 is 14.8 Å². The maximum atomic E-state index is 12.2. The lowest BCUT2D eigenvalue weighted by Gasteiger charge is -2.10. The van der Waals surface area contributed by atoms with E-state index in [9.17, 15) is 9.59 Å². The molecule has 0 unspecified atom stereocenters.